The van der Waals surface area contributed by atoms with E-state index in [4.69, 9.17) is 4.74 Å². The summed E-state index contributed by atoms with van der Waals surface area (Å²) in [6.45, 7) is 1.81. The summed E-state index contributed by atoms with van der Waals surface area (Å²) in [5, 5.41) is 2.81. The van der Waals surface area contributed by atoms with E-state index in [1.54, 1.807) is 6.92 Å². The zero-order valence-corrected chi connectivity index (χ0v) is 17.4. The second-order valence-electron chi connectivity index (χ2n) is 5.96. The van der Waals surface area contributed by atoms with Gasteiger partial charge in [0.25, 0.3) is 11.5 Å². The van der Waals surface area contributed by atoms with Crippen LogP contribution in [0.25, 0.3) is 0 Å². The molecule has 0 atom stereocenters. The molecule has 2 heterocycles. The summed E-state index contributed by atoms with van der Waals surface area (Å²) in [5.74, 6) is -0.197. The van der Waals surface area contributed by atoms with Gasteiger partial charge in [0.2, 0.25) is 0 Å². The number of nitrogens with zero attached hydrogens (tertiary/aromatic N) is 2. The van der Waals surface area contributed by atoms with Gasteiger partial charge in [-0.1, -0.05) is 41.7 Å². The Bertz CT molecular complexity index is 1080. The smallest absolute Gasteiger partial charge is 0.350 e. The molecule has 2 aromatic heterocycles. The van der Waals surface area contributed by atoms with Crippen LogP contribution in [-0.4, -0.2) is 33.1 Å². The summed E-state index contributed by atoms with van der Waals surface area (Å²) in [5.41, 5.74) is 0.900. The molecule has 3 rings (SSSR count). The number of amides is 1. The maximum atomic E-state index is 12.4. The number of H-pyrrole nitrogens is 1. The van der Waals surface area contributed by atoms with E-state index in [9.17, 15) is 14.4 Å². The number of aromatic amines is 1. The molecule has 0 aliphatic rings. The van der Waals surface area contributed by atoms with E-state index in [1.165, 1.54) is 11.8 Å². The first kappa shape index (κ1) is 20.7. The number of hydrogen-bond donors (Lipinski definition) is 2. The lowest BCUT2D eigenvalue weighted by Gasteiger charge is -2.03. The van der Waals surface area contributed by atoms with E-state index >= 15 is 0 Å². The van der Waals surface area contributed by atoms with Gasteiger partial charge in [0.15, 0.2) is 5.13 Å². The first-order chi connectivity index (χ1) is 14.0. The van der Waals surface area contributed by atoms with Gasteiger partial charge in [0, 0.05) is 6.07 Å². The van der Waals surface area contributed by atoms with Gasteiger partial charge in [-0.15, -0.1) is 0 Å². The Balaban J connectivity index is 1.69. The van der Waals surface area contributed by atoms with Crippen LogP contribution < -0.4 is 10.9 Å². The molecule has 3 aromatic rings. The third-order valence-electron chi connectivity index (χ3n) is 3.72. The lowest BCUT2D eigenvalue weighted by Crippen LogP contribution is -2.20. The molecule has 10 heteroatoms. The highest BCUT2D eigenvalue weighted by Crippen LogP contribution is 2.24. The Morgan fingerprint density at radius 2 is 2.00 bits per heavy atom. The van der Waals surface area contributed by atoms with Crippen molar-refractivity contribution in [2.45, 2.75) is 19.3 Å². The van der Waals surface area contributed by atoms with Crippen LogP contribution in [0.2, 0.25) is 0 Å². The standard InChI is InChI=1S/C19H18N4O4S2/c1-11-16(18(26)27-9-12-6-4-3-5-7-12)29-19(20-11)23-17(25)13-8-15(24)22-14(21-13)10-28-2/h3-8H,9-10H2,1-2H3,(H,20,23,25)(H,21,22,24). The quantitative estimate of drug-likeness (QED) is 0.554. The summed E-state index contributed by atoms with van der Waals surface area (Å²) in [4.78, 5) is 47.7. The molecule has 0 saturated heterocycles. The largest absolute Gasteiger partial charge is 0.457 e. The maximum absolute atomic E-state index is 12.4. The number of ether oxygens (including phenoxy) is 1. The van der Waals surface area contributed by atoms with Crippen molar-refractivity contribution < 1.29 is 14.3 Å². The average Bonchev–Trinajstić information content (AvgIpc) is 3.07. The molecule has 8 nitrogen and oxygen atoms in total. The maximum Gasteiger partial charge on any atom is 0.350 e. The number of hydrogen-bond acceptors (Lipinski definition) is 8. The van der Waals surface area contributed by atoms with Crippen molar-refractivity contribution in [2.24, 2.45) is 0 Å². The van der Waals surface area contributed by atoms with Gasteiger partial charge >= 0.3 is 5.97 Å². The molecule has 1 amide bonds. The predicted octanol–water partition coefficient (Wildman–Crippen LogP) is 3.01. The van der Waals surface area contributed by atoms with Gasteiger partial charge in [-0.2, -0.15) is 11.8 Å². The lowest BCUT2D eigenvalue weighted by atomic mass is 10.2. The Hall–Kier alpha value is -2.98. The van der Waals surface area contributed by atoms with Crippen LogP contribution in [0.3, 0.4) is 0 Å². The minimum atomic E-state index is -0.573. The van der Waals surface area contributed by atoms with E-state index in [-0.39, 0.29) is 17.4 Å². The summed E-state index contributed by atoms with van der Waals surface area (Å²) in [7, 11) is 0. The summed E-state index contributed by atoms with van der Waals surface area (Å²) in [6, 6.07) is 10.4. The average molecular weight is 431 g/mol. The molecule has 1 aromatic carbocycles. The summed E-state index contributed by atoms with van der Waals surface area (Å²) in [6.07, 6.45) is 1.86. The Labute approximate surface area is 174 Å². The van der Waals surface area contributed by atoms with Crippen LogP contribution in [0.1, 0.15) is 37.2 Å². The number of nitrogens with one attached hydrogen (secondary N) is 2. The van der Waals surface area contributed by atoms with Gasteiger partial charge in [-0.3, -0.25) is 14.9 Å². The number of thioether (sulfide) groups is 1. The normalized spacial score (nSPS) is 10.6. The second-order valence-corrected chi connectivity index (χ2v) is 7.82. The van der Waals surface area contributed by atoms with Crippen LogP contribution in [0.15, 0.2) is 41.2 Å². The third kappa shape index (κ3) is 5.52. The van der Waals surface area contributed by atoms with Crippen molar-refractivity contribution in [3.8, 4) is 0 Å². The number of thiazole rings is 1. The van der Waals surface area contributed by atoms with E-state index in [1.807, 2.05) is 36.6 Å². The number of anilines is 1. The number of aromatic nitrogens is 3. The fraction of sp³-hybridized carbons (Fsp3) is 0.211. The molecule has 0 spiro atoms. The zero-order valence-electron chi connectivity index (χ0n) is 15.7. The molecule has 0 radical (unpaired) electrons. The minimum Gasteiger partial charge on any atom is -0.457 e. The van der Waals surface area contributed by atoms with Crippen molar-refractivity contribution in [3.63, 3.8) is 0 Å². The number of rotatable bonds is 7. The first-order valence-corrected chi connectivity index (χ1v) is 10.8. The van der Waals surface area contributed by atoms with E-state index in [0.717, 1.165) is 23.0 Å². The fourth-order valence-corrected chi connectivity index (χ4v) is 3.68. The topological polar surface area (TPSA) is 114 Å². The molecule has 150 valence electrons. The lowest BCUT2D eigenvalue weighted by molar-refractivity contribution is 0.0477. The summed E-state index contributed by atoms with van der Waals surface area (Å²) >= 11 is 2.48. The minimum absolute atomic E-state index is 0.0149. The van der Waals surface area contributed by atoms with Crippen molar-refractivity contribution in [3.05, 3.63) is 74.4 Å². The number of esters is 1. The number of aryl methyl sites for hydroxylation is 1. The molecule has 0 fully saturated rings. The van der Waals surface area contributed by atoms with Crippen molar-refractivity contribution in [2.75, 3.05) is 11.6 Å². The highest BCUT2D eigenvalue weighted by molar-refractivity contribution is 7.97. The monoisotopic (exact) mass is 430 g/mol. The van der Waals surface area contributed by atoms with Crippen LogP contribution in [-0.2, 0) is 17.1 Å². The molecular weight excluding hydrogens is 412 g/mol. The third-order valence-corrected chi connectivity index (χ3v) is 5.33. The van der Waals surface area contributed by atoms with Crippen LogP contribution in [0.4, 0.5) is 5.13 Å². The van der Waals surface area contributed by atoms with E-state index in [0.29, 0.717) is 22.1 Å². The molecule has 0 aliphatic heterocycles. The molecule has 29 heavy (non-hydrogen) atoms. The van der Waals surface area contributed by atoms with Gasteiger partial charge in [-0.25, -0.2) is 14.8 Å². The van der Waals surface area contributed by atoms with Crippen molar-refractivity contribution in [1.29, 1.82) is 0 Å². The number of benzene rings is 1. The fourth-order valence-electron chi connectivity index (χ4n) is 2.42. The van der Waals surface area contributed by atoms with Gasteiger partial charge in [-0.05, 0) is 18.7 Å². The highest BCUT2D eigenvalue weighted by Gasteiger charge is 2.19. The second kappa shape index (κ2) is 9.48. The zero-order chi connectivity index (χ0) is 20.8. The van der Waals surface area contributed by atoms with E-state index < -0.39 is 17.4 Å². The molecular formula is C19H18N4O4S2. The Morgan fingerprint density at radius 3 is 2.72 bits per heavy atom. The SMILES string of the molecule is CSCc1nc(C(=O)Nc2nc(C)c(C(=O)OCc3ccccc3)s2)cc(=O)[nH]1. The van der Waals surface area contributed by atoms with Gasteiger partial charge < -0.3 is 9.72 Å². The molecule has 0 bridgehead atoms. The van der Waals surface area contributed by atoms with E-state index in [2.05, 4.69) is 20.3 Å². The van der Waals surface area contributed by atoms with Gasteiger partial charge in [0.1, 0.15) is 23.0 Å². The van der Waals surface area contributed by atoms with Crippen molar-refractivity contribution in [1.82, 2.24) is 15.0 Å². The number of carbonyl (C=O) groups excluding carboxylic acids is 2. The number of carbonyl (C=O) groups is 2. The summed E-state index contributed by atoms with van der Waals surface area (Å²) < 4.78 is 5.31. The molecule has 0 saturated carbocycles. The van der Waals surface area contributed by atoms with Crippen molar-refractivity contribution >= 4 is 40.1 Å². The Morgan fingerprint density at radius 1 is 1.24 bits per heavy atom. The highest BCUT2D eigenvalue weighted by atomic mass is 32.2. The van der Waals surface area contributed by atoms with Crippen LogP contribution >= 0.6 is 23.1 Å². The van der Waals surface area contributed by atoms with Crippen LogP contribution in [0, 0.1) is 6.92 Å². The van der Waals surface area contributed by atoms with Crippen LogP contribution in [0.5, 0.6) is 0 Å². The van der Waals surface area contributed by atoms with Gasteiger partial charge in [0.05, 0.1) is 11.4 Å². The predicted molar refractivity (Wildman–Crippen MR) is 112 cm³/mol. The molecule has 0 unspecified atom stereocenters. The molecule has 2 N–H and O–H groups in total. The molecule has 0 aliphatic carbocycles. The first-order valence-electron chi connectivity index (χ1n) is 8.55. The Kier molecular flexibility index (Phi) is 6.78.